The van der Waals surface area contributed by atoms with E-state index < -0.39 is 8.32 Å². The minimum Gasteiger partial charge on any atom is -0.518 e. The largest absolute Gasteiger partial charge is 0.518 e. The smallest absolute Gasteiger partial charge is 0.296 e. The van der Waals surface area contributed by atoms with Crippen LogP contribution in [-0.4, -0.2) is 14.3 Å². The molecule has 2 nitrogen and oxygen atoms in total. The monoisotopic (exact) mass is 299 g/mol. The second-order valence-corrected chi connectivity index (χ2v) is 11.1. The van der Waals surface area contributed by atoms with Crippen molar-refractivity contribution in [1.82, 2.24) is 0 Å². The first-order valence-corrected chi connectivity index (χ1v) is 10.6. The number of hydrogen-bond donors (Lipinski definition) is 0. The summed E-state index contributed by atoms with van der Waals surface area (Å²) in [6.07, 6.45) is 6.87. The molecule has 0 bridgehead atoms. The fourth-order valence-corrected chi connectivity index (χ4v) is 9.06. The van der Waals surface area contributed by atoms with Gasteiger partial charge < -0.3 is 4.43 Å². The van der Waals surface area contributed by atoms with Gasteiger partial charge >= 0.3 is 0 Å². The third-order valence-electron chi connectivity index (χ3n) is 5.02. The Morgan fingerprint density at radius 1 is 0.950 bits per heavy atom. The molecule has 20 heavy (non-hydrogen) atoms. The predicted molar refractivity (Wildman–Crippen MR) is 90.2 cm³/mol. The van der Waals surface area contributed by atoms with Crippen LogP contribution in [0.3, 0.4) is 0 Å². The molecule has 0 amide bonds. The van der Waals surface area contributed by atoms with E-state index in [9.17, 15) is 4.79 Å². The number of carbonyl (C=O) groups excluding carboxylic acids is 1. The van der Waals surface area contributed by atoms with Gasteiger partial charge in [0.1, 0.15) is 0 Å². The van der Waals surface area contributed by atoms with Crippen molar-refractivity contribution >= 4 is 14.3 Å². The fraction of sp³-hybridized carbons (Fsp3) is 0.882. The molecule has 0 aromatic rings. The van der Waals surface area contributed by atoms with Gasteiger partial charge in [0.05, 0.1) is 6.42 Å². The molecule has 0 aliphatic carbocycles. The molecule has 0 saturated carbocycles. The Hall–Kier alpha value is -0.313. The average molecular weight is 300 g/mol. The highest BCUT2D eigenvalue weighted by atomic mass is 28.4. The lowest BCUT2D eigenvalue weighted by atomic mass is 10.3. The molecule has 0 aromatic carbocycles. The van der Waals surface area contributed by atoms with Crippen LogP contribution in [0, 0.1) is 6.42 Å². The maximum absolute atomic E-state index is 12.2. The first-order chi connectivity index (χ1) is 9.40. The van der Waals surface area contributed by atoms with Crippen molar-refractivity contribution in [2.75, 3.05) is 0 Å². The highest BCUT2D eigenvalue weighted by Crippen LogP contribution is 2.47. The highest BCUT2D eigenvalue weighted by Gasteiger charge is 2.51. The van der Waals surface area contributed by atoms with Crippen LogP contribution >= 0.6 is 0 Å². The Balaban J connectivity index is 5.33. The maximum Gasteiger partial charge on any atom is 0.296 e. The van der Waals surface area contributed by atoms with Crippen molar-refractivity contribution in [2.45, 2.75) is 97.2 Å². The van der Waals surface area contributed by atoms with Gasteiger partial charge in [-0.3, -0.25) is 4.79 Å². The lowest BCUT2D eigenvalue weighted by Crippen LogP contribution is -2.51. The van der Waals surface area contributed by atoms with Gasteiger partial charge in [-0.25, -0.2) is 0 Å². The fourth-order valence-electron chi connectivity index (χ4n) is 3.19. The molecule has 0 rings (SSSR count). The van der Waals surface area contributed by atoms with Gasteiger partial charge in [0.15, 0.2) is 0 Å². The van der Waals surface area contributed by atoms with E-state index in [0.29, 0.717) is 16.6 Å². The Morgan fingerprint density at radius 2 is 1.35 bits per heavy atom. The van der Waals surface area contributed by atoms with Gasteiger partial charge in [0, 0.05) is 0 Å². The van der Waals surface area contributed by atoms with Crippen LogP contribution in [0.15, 0.2) is 0 Å². The van der Waals surface area contributed by atoms with E-state index in [-0.39, 0.29) is 5.97 Å². The van der Waals surface area contributed by atoms with Crippen molar-refractivity contribution in [3.05, 3.63) is 6.42 Å². The molecule has 1 radical (unpaired) electrons. The SMILES string of the molecule is CCC[CH]C(=O)O[Si](C(C)CC)(C(C)CC)C(C)CC. The van der Waals surface area contributed by atoms with E-state index in [1.54, 1.807) is 6.42 Å². The van der Waals surface area contributed by atoms with Gasteiger partial charge in [0.2, 0.25) is 0 Å². The molecule has 3 heteroatoms. The lowest BCUT2D eigenvalue weighted by molar-refractivity contribution is -0.132. The highest BCUT2D eigenvalue weighted by molar-refractivity contribution is 6.79. The molecule has 0 spiro atoms. The first kappa shape index (κ1) is 19.7. The number of carbonyl (C=O) groups is 1. The number of hydrogen-bond acceptors (Lipinski definition) is 2. The molecule has 0 N–H and O–H groups in total. The molecular formula is C17H35O2Si. The topological polar surface area (TPSA) is 26.3 Å². The summed E-state index contributed by atoms with van der Waals surface area (Å²) in [5.74, 6) is -0.0700. The second-order valence-electron chi connectivity index (χ2n) is 6.20. The molecule has 0 heterocycles. The van der Waals surface area contributed by atoms with Crippen LogP contribution in [0.5, 0.6) is 0 Å². The van der Waals surface area contributed by atoms with Crippen LogP contribution in [0.4, 0.5) is 0 Å². The summed E-state index contributed by atoms with van der Waals surface area (Å²) in [5.41, 5.74) is 1.56. The summed E-state index contributed by atoms with van der Waals surface area (Å²) >= 11 is 0. The van der Waals surface area contributed by atoms with Crippen molar-refractivity contribution in [1.29, 1.82) is 0 Å². The molecule has 0 saturated heterocycles. The average Bonchev–Trinajstić information content (AvgIpc) is 2.47. The van der Waals surface area contributed by atoms with E-state index in [4.69, 9.17) is 4.43 Å². The quantitative estimate of drug-likeness (QED) is 0.471. The van der Waals surface area contributed by atoms with Crippen LogP contribution in [0.2, 0.25) is 16.6 Å². The molecule has 0 aliphatic heterocycles. The Bertz CT molecular complexity index is 252. The summed E-state index contributed by atoms with van der Waals surface area (Å²) in [6, 6.07) is 0. The maximum atomic E-state index is 12.2. The molecule has 3 atom stereocenters. The summed E-state index contributed by atoms with van der Waals surface area (Å²) in [4.78, 5) is 12.2. The minimum atomic E-state index is -2.10. The lowest BCUT2D eigenvalue weighted by Gasteiger charge is -2.44. The van der Waals surface area contributed by atoms with Crippen LogP contribution in [-0.2, 0) is 9.22 Å². The van der Waals surface area contributed by atoms with Crippen molar-refractivity contribution in [3.8, 4) is 0 Å². The molecule has 119 valence electrons. The molecule has 3 unspecified atom stereocenters. The van der Waals surface area contributed by atoms with E-state index in [2.05, 4.69) is 48.5 Å². The van der Waals surface area contributed by atoms with Gasteiger partial charge in [-0.05, 0) is 23.0 Å². The van der Waals surface area contributed by atoms with Crippen LogP contribution in [0.1, 0.15) is 80.6 Å². The Morgan fingerprint density at radius 3 is 1.65 bits per heavy atom. The van der Waals surface area contributed by atoms with Crippen molar-refractivity contribution in [2.24, 2.45) is 0 Å². The van der Waals surface area contributed by atoms with Crippen LogP contribution < -0.4 is 0 Å². The van der Waals surface area contributed by atoms with Crippen molar-refractivity contribution < 1.29 is 9.22 Å². The first-order valence-electron chi connectivity index (χ1n) is 8.46. The van der Waals surface area contributed by atoms with E-state index in [1.165, 1.54) is 0 Å². The van der Waals surface area contributed by atoms with E-state index >= 15 is 0 Å². The summed E-state index contributed by atoms with van der Waals surface area (Å²) < 4.78 is 6.24. The van der Waals surface area contributed by atoms with Crippen molar-refractivity contribution in [3.63, 3.8) is 0 Å². The number of rotatable bonds is 10. The number of unbranched alkanes of at least 4 members (excludes halogenated alkanes) is 1. The Labute approximate surface area is 127 Å². The second kappa shape index (κ2) is 9.59. The molecule has 0 aromatic heterocycles. The zero-order valence-electron chi connectivity index (χ0n) is 14.7. The van der Waals surface area contributed by atoms with Gasteiger partial charge in [-0.2, -0.15) is 0 Å². The zero-order valence-corrected chi connectivity index (χ0v) is 15.7. The van der Waals surface area contributed by atoms with Gasteiger partial charge in [-0.15, -0.1) is 0 Å². The summed E-state index contributed by atoms with van der Waals surface area (Å²) in [6.45, 7) is 15.6. The summed E-state index contributed by atoms with van der Waals surface area (Å²) in [7, 11) is -2.10. The zero-order chi connectivity index (χ0) is 15.8. The normalized spacial score (nSPS) is 18.9. The standard InChI is InChI=1S/C17H35O2Si/c1-8-12-13-17(18)19-20(14(5)9-2,15(6)10-3)16(7)11-4/h13-16H,8-12H2,1-7H3. The molecule has 0 fully saturated rings. The minimum absolute atomic E-state index is 0.0700. The predicted octanol–water partition coefficient (Wildman–Crippen LogP) is 5.88. The Kier molecular flexibility index (Phi) is 9.44. The summed E-state index contributed by atoms with van der Waals surface area (Å²) in [5, 5.41) is 0. The molecular weight excluding hydrogens is 264 g/mol. The third kappa shape index (κ3) is 4.61. The molecule has 0 aliphatic rings. The van der Waals surface area contributed by atoms with Gasteiger partial charge in [0.25, 0.3) is 14.3 Å². The van der Waals surface area contributed by atoms with E-state index in [0.717, 1.165) is 32.1 Å². The van der Waals surface area contributed by atoms with Crippen LogP contribution in [0.25, 0.3) is 0 Å². The van der Waals surface area contributed by atoms with Gasteiger partial charge in [-0.1, -0.05) is 74.1 Å². The third-order valence-corrected chi connectivity index (χ3v) is 11.4. The van der Waals surface area contributed by atoms with E-state index in [1.807, 2.05) is 0 Å².